The van der Waals surface area contributed by atoms with Gasteiger partial charge in [0, 0.05) is 12.8 Å². The number of ether oxygens (including phenoxy) is 1. The zero-order chi connectivity index (χ0) is 9.68. The normalized spacial score (nSPS) is 22.2. The van der Waals surface area contributed by atoms with Crippen LogP contribution in [0.4, 0.5) is 0 Å². The van der Waals surface area contributed by atoms with Gasteiger partial charge in [-0.05, 0) is 12.8 Å². The Labute approximate surface area is 77.6 Å². The lowest BCUT2D eigenvalue weighted by molar-refractivity contribution is -0.151. The number of rotatable bonds is 3. The summed E-state index contributed by atoms with van der Waals surface area (Å²) in [6, 6.07) is 0. The maximum atomic E-state index is 11.1. The summed E-state index contributed by atoms with van der Waals surface area (Å²) in [4.78, 5) is 21.8. The molecule has 1 aliphatic heterocycles. The van der Waals surface area contributed by atoms with Crippen molar-refractivity contribution in [2.75, 3.05) is 6.54 Å². The number of esters is 1. The second kappa shape index (κ2) is 4.84. The molecular formula is C9H15NO3. The average molecular weight is 185 g/mol. The molecule has 1 rings (SSSR count). The molecule has 0 saturated carbocycles. The third-order valence-corrected chi connectivity index (χ3v) is 1.97. The van der Waals surface area contributed by atoms with Gasteiger partial charge in [-0.15, -0.1) is 0 Å². The van der Waals surface area contributed by atoms with E-state index in [0.717, 1.165) is 6.42 Å². The van der Waals surface area contributed by atoms with Gasteiger partial charge in [0.2, 0.25) is 5.91 Å². The van der Waals surface area contributed by atoms with Crippen molar-refractivity contribution in [1.29, 1.82) is 0 Å². The number of amides is 1. The minimum absolute atomic E-state index is 0.0443. The van der Waals surface area contributed by atoms with Crippen LogP contribution in [-0.4, -0.2) is 24.5 Å². The lowest BCUT2D eigenvalue weighted by Gasteiger charge is -2.22. The Hall–Kier alpha value is -1.06. The predicted octanol–water partition coefficient (Wildman–Crippen LogP) is 0.608. The van der Waals surface area contributed by atoms with E-state index in [1.54, 1.807) is 0 Å². The topological polar surface area (TPSA) is 55.4 Å². The van der Waals surface area contributed by atoms with Crippen LogP contribution in [0.15, 0.2) is 0 Å². The van der Waals surface area contributed by atoms with E-state index < -0.39 is 0 Å². The second-order valence-electron chi connectivity index (χ2n) is 3.20. The maximum absolute atomic E-state index is 11.1. The van der Waals surface area contributed by atoms with Crippen LogP contribution in [0.25, 0.3) is 0 Å². The minimum atomic E-state index is -0.163. The Morgan fingerprint density at radius 1 is 1.69 bits per heavy atom. The molecule has 74 valence electrons. The van der Waals surface area contributed by atoms with E-state index in [1.165, 1.54) is 0 Å². The second-order valence-corrected chi connectivity index (χ2v) is 3.20. The van der Waals surface area contributed by atoms with Crippen LogP contribution in [0, 0.1) is 0 Å². The third-order valence-electron chi connectivity index (χ3n) is 1.97. The van der Waals surface area contributed by atoms with Crippen molar-refractivity contribution in [2.24, 2.45) is 0 Å². The van der Waals surface area contributed by atoms with E-state index in [4.69, 9.17) is 4.74 Å². The Bertz CT molecular complexity index is 193. The molecule has 1 aliphatic rings. The fourth-order valence-electron chi connectivity index (χ4n) is 1.26. The van der Waals surface area contributed by atoms with Gasteiger partial charge in [0.1, 0.15) is 6.10 Å². The number of hydrogen-bond acceptors (Lipinski definition) is 3. The number of carbonyl (C=O) groups excluding carboxylic acids is 2. The summed E-state index contributed by atoms with van der Waals surface area (Å²) in [5, 5.41) is 2.66. The van der Waals surface area contributed by atoms with Crippen LogP contribution in [-0.2, 0) is 14.3 Å². The third kappa shape index (κ3) is 3.44. The predicted molar refractivity (Wildman–Crippen MR) is 47.0 cm³/mol. The lowest BCUT2D eigenvalue weighted by atomic mass is 10.1. The first-order valence-electron chi connectivity index (χ1n) is 4.68. The van der Waals surface area contributed by atoms with Gasteiger partial charge in [-0.3, -0.25) is 9.59 Å². The first kappa shape index (κ1) is 10.0. The molecule has 1 N–H and O–H groups in total. The van der Waals surface area contributed by atoms with E-state index in [2.05, 4.69) is 5.32 Å². The molecule has 0 radical (unpaired) electrons. The van der Waals surface area contributed by atoms with Crippen molar-refractivity contribution in [2.45, 2.75) is 38.7 Å². The van der Waals surface area contributed by atoms with Crippen molar-refractivity contribution in [1.82, 2.24) is 5.32 Å². The van der Waals surface area contributed by atoms with E-state index in [9.17, 15) is 9.59 Å². The lowest BCUT2D eigenvalue weighted by Crippen LogP contribution is -2.40. The standard InChI is InChI=1S/C9H15NO3/c1-2-3-9(12)13-7-4-5-8(11)10-6-7/h7H,2-6H2,1H3,(H,10,11)/t7-/m1/s1. The van der Waals surface area contributed by atoms with Gasteiger partial charge in [0.15, 0.2) is 0 Å². The highest BCUT2D eigenvalue weighted by Gasteiger charge is 2.20. The number of piperidine rings is 1. The summed E-state index contributed by atoms with van der Waals surface area (Å²) < 4.78 is 5.13. The molecule has 1 saturated heterocycles. The van der Waals surface area contributed by atoms with Crippen LogP contribution in [0.3, 0.4) is 0 Å². The summed E-state index contributed by atoms with van der Waals surface area (Å²) >= 11 is 0. The summed E-state index contributed by atoms with van der Waals surface area (Å²) in [5.74, 6) is -0.119. The fraction of sp³-hybridized carbons (Fsp3) is 0.778. The van der Waals surface area contributed by atoms with E-state index in [1.807, 2.05) is 6.92 Å². The molecule has 0 unspecified atom stereocenters. The Kier molecular flexibility index (Phi) is 3.73. The minimum Gasteiger partial charge on any atom is -0.460 e. The van der Waals surface area contributed by atoms with Gasteiger partial charge >= 0.3 is 5.97 Å². The molecule has 1 heterocycles. The van der Waals surface area contributed by atoms with Crippen molar-refractivity contribution in [3.63, 3.8) is 0 Å². The molecule has 4 heteroatoms. The van der Waals surface area contributed by atoms with Gasteiger partial charge in [0.25, 0.3) is 0 Å². The quantitative estimate of drug-likeness (QED) is 0.655. The highest BCUT2D eigenvalue weighted by Crippen LogP contribution is 2.08. The molecule has 13 heavy (non-hydrogen) atoms. The first-order valence-corrected chi connectivity index (χ1v) is 4.68. The van der Waals surface area contributed by atoms with Crippen molar-refractivity contribution < 1.29 is 14.3 Å². The van der Waals surface area contributed by atoms with Crippen molar-refractivity contribution in [3.05, 3.63) is 0 Å². The molecule has 4 nitrogen and oxygen atoms in total. The Balaban J connectivity index is 2.22. The highest BCUT2D eigenvalue weighted by molar-refractivity contribution is 5.77. The van der Waals surface area contributed by atoms with Gasteiger partial charge < -0.3 is 10.1 Å². The maximum Gasteiger partial charge on any atom is 0.306 e. The first-order chi connectivity index (χ1) is 6.22. The Morgan fingerprint density at radius 2 is 2.46 bits per heavy atom. The van der Waals surface area contributed by atoms with Crippen LogP contribution in [0.2, 0.25) is 0 Å². The molecule has 0 bridgehead atoms. The van der Waals surface area contributed by atoms with E-state index >= 15 is 0 Å². The average Bonchev–Trinajstić information content (AvgIpc) is 2.09. The largest absolute Gasteiger partial charge is 0.460 e. The van der Waals surface area contributed by atoms with E-state index in [0.29, 0.717) is 25.8 Å². The molecule has 0 spiro atoms. The van der Waals surface area contributed by atoms with Gasteiger partial charge in [-0.2, -0.15) is 0 Å². The fourth-order valence-corrected chi connectivity index (χ4v) is 1.26. The summed E-state index contributed by atoms with van der Waals surface area (Å²) in [7, 11) is 0. The zero-order valence-electron chi connectivity index (χ0n) is 7.84. The van der Waals surface area contributed by atoms with Crippen molar-refractivity contribution in [3.8, 4) is 0 Å². The SMILES string of the molecule is CCCC(=O)O[C@@H]1CCC(=O)NC1. The monoisotopic (exact) mass is 185 g/mol. The van der Waals surface area contributed by atoms with Crippen LogP contribution in [0.5, 0.6) is 0 Å². The van der Waals surface area contributed by atoms with Gasteiger partial charge in [-0.1, -0.05) is 6.92 Å². The Morgan fingerprint density at radius 3 is 3.00 bits per heavy atom. The van der Waals surface area contributed by atoms with Gasteiger partial charge in [0.05, 0.1) is 6.54 Å². The number of carbonyl (C=O) groups is 2. The molecule has 0 aliphatic carbocycles. The highest BCUT2D eigenvalue weighted by atomic mass is 16.5. The molecule has 1 fully saturated rings. The number of hydrogen-bond donors (Lipinski definition) is 1. The molecule has 1 atom stereocenters. The van der Waals surface area contributed by atoms with Crippen LogP contribution in [0.1, 0.15) is 32.6 Å². The summed E-state index contributed by atoms with van der Waals surface area (Å²) in [6.45, 7) is 2.40. The molecule has 0 aromatic carbocycles. The summed E-state index contributed by atoms with van der Waals surface area (Å²) in [5.41, 5.74) is 0. The van der Waals surface area contributed by atoms with Crippen LogP contribution < -0.4 is 5.32 Å². The molecule has 0 aromatic rings. The molecule has 0 aromatic heterocycles. The van der Waals surface area contributed by atoms with Gasteiger partial charge in [-0.25, -0.2) is 0 Å². The smallest absolute Gasteiger partial charge is 0.306 e. The molecule has 1 amide bonds. The van der Waals surface area contributed by atoms with Crippen LogP contribution >= 0.6 is 0 Å². The van der Waals surface area contributed by atoms with Crippen molar-refractivity contribution >= 4 is 11.9 Å². The molecular weight excluding hydrogens is 170 g/mol. The number of nitrogens with one attached hydrogen (secondary N) is 1. The zero-order valence-corrected chi connectivity index (χ0v) is 7.84. The van der Waals surface area contributed by atoms with E-state index in [-0.39, 0.29) is 18.0 Å². The summed E-state index contributed by atoms with van der Waals surface area (Å²) in [6.07, 6.45) is 2.27.